The number of hydrogen-bond donors (Lipinski definition) is 2. The van der Waals surface area contributed by atoms with Crippen LogP contribution in [-0.2, 0) is 16.6 Å². The van der Waals surface area contributed by atoms with Gasteiger partial charge in [-0.2, -0.15) is 0 Å². The Hall–Kier alpha value is -1.97. The molecule has 2 aromatic carbocycles. The summed E-state index contributed by atoms with van der Waals surface area (Å²) >= 11 is 0. The lowest BCUT2D eigenvalue weighted by molar-refractivity contribution is 0.166. The van der Waals surface area contributed by atoms with E-state index in [1.165, 1.54) is 7.11 Å². The van der Waals surface area contributed by atoms with E-state index in [9.17, 15) is 8.42 Å². The Kier molecular flexibility index (Phi) is 8.84. The van der Waals surface area contributed by atoms with Crippen molar-refractivity contribution in [2.24, 2.45) is 0 Å². The molecule has 0 saturated carbocycles. The molecule has 0 spiro atoms. The first-order valence-electron chi connectivity index (χ1n) is 10.00. The van der Waals surface area contributed by atoms with Crippen LogP contribution >= 0.6 is 24.8 Å². The minimum Gasteiger partial charge on any atom is -0.495 e. The standard InChI is InChI=1S/C22H27N3O4S.2ClH/c1-15-4-5-20(28-3)21(10-15)30(26,27)24-19-11-17-6-9-29-22(17)18(12-19)14-25-8-7-23-13-16(25)2;;/h4-6,9-12,16,23-24H,7-8,13-14H2,1-3H3;2*1H. The van der Waals surface area contributed by atoms with Crippen molar-refractivity contribution in [2.45, 2.75) is 31.3 Å². The Bertz CT molecular complexity index is 1170. The Balaban J connectivity index is 0.00000181. The number of halogens is 2. The summed E-state index contributed by atoms with van der Waals surface area (Å²) in [6.45, 7) is 7.52. The minimum absolute atomic E-state index is 0. The van der Waals surface area contributed by atoms with E-state index >= 15 is 0 Å². The third-order valence-corrected chi connectivity index (χ3v) is 6.90. The summed E-state index contributed by atoms with van der Waals surface area (Å²) in [5.41, 5.74) is 3.09. The number of piperazine rings is 1. The molecule has 0 aliphatic carbocycles. The van der Waals surface area contributed by atoms with Gasteiger partial charge in [0.1, 0.15) is 16.2 Å². The molecule has 1 fully saturated rings. The fourth-order valence-electron chi connectivity index (χ4n) is 3.87. The van der Waals surface area contributed by atoms with Crippen LogP contribution in [0.15, 0.2) is 52.0 Å². The van der Waals surface area contributed by atoms with Gasteiger partial charge < -0.3 is 14.5 Å². The maximum Gasteiger partial charge on any atom is 0.265 e. The number of rotatable bonds is 6. The van der Waals surface area contributed by atoms with E-state index in [1.54, 1.807) is 24.5 Å². The van der Waals surface area contributed by atoms with Crippen LogP contribution < -0.4 is 14.8 Å². The van der Waals surface area contributed by atoms with Crippen molar-refractivity contribution < 1.29 is 17.6 Å². The van der Waals surface area contributed by atoms with Gasteiger partial charge in [0.2, 0.25) is 0 Å². The summed E-state index contributed by atoms with van der Waals surface area (Å²) in [5.74, 6) is 0.312. The largest absolute Gasteiger partial charge is 0.495 e. The van der Waals surface area contributed by atoms with Gasteiger partial charge in [-0.15, -0.1) is 24.8 Å². The third-order valence-electron chi connectivity index (χ3n) is 5.50. The van der Waals surface area contributed by atoms with E-state index in [0.29, 0.717) is 24.0 Å². The summed E-state index contributed by atoms with van der Waals surface area (Å²) in [6, 6.07) is 11.0. The van der Waals surface area contributed by atoms with Crippen molar-refractivity contribution in [1.29, 1.82) is 0 Å². The lowest BCUT2D eigenvalue weighted by atomic mass is 10.1. The number of methoxy groups -OCH3 is 1. The monoisotopic (exact) mass is 501 g/mol. The van der Waals surface area contributed by atoms with Crippen LogP contribution in [0.2, 0.25) is 0 Å². The smallest absolute Gasteiger partial charge is 0.265 e. The van der Waals surface area contributed by atoms with Crippen molar-refractivity contribution in [3.63, 3.8) is 0 Å². The van der Waals surface area contributed by atoms with Crippen LogP contribution in [0.3, 0.4) is 0 Å². The first-order chi connectivity index (χ1) is 14.4. The second kappa shape index (κ2) is 10.8. The molecule has 0 bridgehead atoms. The normalized spacial score (nSPS) is 16.8. The average molecular weight is 502 g/mol. The average Bonchev–Trinajstić information content (AvgIpc) is 3.18. The molecule has 32 heavy (non-hydrogen) atoms. The number of nitrogens with one attached hydrogen (secondary N) is 2. The van der Waals surface area contributed by atoms with E-state index in [0.717, 1.165) is 41.7 Å². The van der Waals surface area contributed by atoms with E-state index < -0.39 is 10.0 Å². The fourth-order valence-corrected chi connectivity index (χ4v) is 5.17. The molecule has 7 nitrogen and oxygen atoms in total. The highest BCUT2D eigenvalue weighted by atomic mass is 35.5. The Morgan fingerprint density at radius 3 is 2.72 bits per heavy atom. The minimum atomic E-state index is -3.82. The quantitative estimate of drug-likeness (QED) is 0.526. The van der Waals surface area contributed by atoms with Gasteiger partial charge in [0.25, 0.3) is 10.0 Å². The molecule has 1 aliphatic heterocycles. The molecule has 1 unspecified atom stereocenters. The summed E-state index contributed by atoms with van der Waals surface area (Å²) in [4.78, 5) is 2.49. The number of fused-ring (bicyclic) bond motifs is 1. The zero-order valence-corrected chi connectivity index (χ0v) is 20.7. The maximum absolute atomic E-state index is 13.1. The molecular formula is C22H29Cl2N3O4S. The van der Waals surface area contributed by atoms with E-state index in [-0.39, 0.29) is 29.7 Å². The van der Waals surface area contributed by atoms with Gasteiger partial charge in [0.15, 0.2) is 0 Å². The Morgan fingerprint density at radius 1 is 1.22 bits per heavy atom. The van der Waals surface area contributed by atoms with Crippen molar-refractivity contribution in [3.8, 4) is 5.75 Å². The van der Waals surface area contributed by atoms with Crippen molar-refractivity contribution >= 4 is 51.5 Å². The zero-order chi connectivity index (χ0) is 21.3. The number of nitrogens with zero attached hydrogens (tertiary/aromatic N) is 1. The molecule has 2 heterocycles. The van der Waals surface area contributed by atoms with Gasteiger partial charge in [-0.3, -0.25) is 9.62 Å². The molecule has 3 aromatic rings. The summed E-state index contributed by atoms with van der Waals surface area (Å²) in [7, 11) is -2.35. The lowest BCUT2D eigenvalue weighted by Crippen LogP contribution is -2.49. The Labute approximate surface area is 201 Å². The van der Waals surface area contributed by atoms with Crippen LogP contribution in [0.5, 0.6) is 5.75 Å². The van der Waals surface area contributed by atoms with Gasteiger partial charge in [-0.05, 0) is 49.7 Å². The summed E-state index contributed by atoms with van der Waals surface area (Å²) in [5, 5.41) is 4.25. The van der Waals surface area contributed by atoms with Crippen LogP contribution in [0.1, 0.15) is 18.1 Å². The van der Waals surface area contributed by atoms with E-state index in [1.807, 2.05) is 25.1 Å². The second-order valence-electron chi connectivity index (χ2n) is 7.76. The predicted octanol–water partition coefficient (Wildman–Crippen LogP) is 4.19. The molecular weight excluding hydrogens is 473 g/mol. The molecule has 0 amide bonds. The third kappa shape index (κ3) is 5.50. The molecule has 1 aliphatic rings. The summed E-state index contributed by atoms with van der Waals surface area (Å²) in [6.07, 6.45) is 1.64. The van der Waals surface area contributed by atoms with Gasteiger partial charge in [-0.25, -0.2) is 8.42 Å². The van der Waals surface area contributed by atoms with Crippen LogP contribution in [0.25, 0.3) is 11.0 Å². The highest BCUT2D eigenvalue weighted by Gasteiger charge is 2.23. The first kappa shape index (κ1) is 26.3. The van der Waals surface area contributed by atoms with Crippen LogP contribution in [-0.4, -0.2) is 46.1 Å². The van der Waals surface area contributed by atoms with E-state index in [4.69, 9.17) is 9.15 Å². The number of benzene rings is 2. The van der Waals surface area contributed by atoms with Crippen LogP contribution in [0, 0.1) is 6.92 Å². The maximum atomic E-state index is 13.1. The fraction of sp³-hybridized carbons (Fsp3) is 0.364. The molecule has 10 heteroatoms. The van der Waals surface area contributed by atoms with Crippen molar-refractivity contribution in [1.82, 2.24) is 10.2 Å². The number of anilines is 1. The molecule has 1 aromatic heterocycles. The molecule has 1 saturated heterocycles. The van der Waals surface area contributed by atoms with Crippen molar-refractivity contribution in [3.05, 3.63) is 53.8 Å². The van der Waals surface area contributed by atoms with E-state index in [2.05, 4.69) is 21.9 Å². The topological polar surface area (TPSA) is 83.8 Å². The lowest BCUT2D eigenvalue weighted by Gasteiger charge is -2.33. The number of ether oxygens (including phenoxy) is 1. The van der Waals surface area contributed by atoms with Gasteiger partial charge in [0.05, 0.1) is 19.1 Å². The van der Waals surface area contributed by atoms with Gasteiger partial charge in [-0.1, -0.05) is 6.07 Å². The molecule has 4 rings (SSSR count). The number of furan rings is 1. The molecule has 176 valence electrons. The second-order valence-corrected chi connectivity index (χ2v) is 9.41. The SMILES string of the molecule is COc1ccc(C)cc1S(=O)(=O)Nc1cc(CN2CCNCC2C)c2occc2c1.Cl.Cl. The highest BCUT2D eigenvalue weighted by molar-refractivity contribution is 7.92. The Morgan fingerprint density at radius 2 is 2.00 bits per heavy atom. The van der Waals surface area contributed by atoms with Gasteiger partial charge in [0, 0.05) is 43.2 Å². The number of aryl methyl sites for hydroxylation is 1. The highest BCUT2D eigenvalue weighted by Crippen LogP contribution is 2.30. The number of hydrogen-bond acceptors (Lipinski definition) is 6. The molecule has 2 N–H and O–H groups in total. The first-order valence-corrected chi connectivity index (χ1v) is 11.5. The molecule has 0 radical (unpaired) electrons. The zero-order valence-electron chi connectivity index (χ0n) is 18.3. The summed E-state index contributed by atoms with van der Waals surface area (Å²) < 4.78 is 40.0. The number of sulfonamides is 1. The molecule has 1 atom stereocenters. The van der Waals surface area contributed by atoms with Crippen molar-refractivity contribution in [2.75, 3.05) is 31.5 Å². The van der Waals surface area contributed by atoms with Crippen LogP contribution in [0.4, 0.5) is 5.69 Å². The predicted molar refractivity (Wildman–Crippen MR) is 132 cm³/mol. The van der Waals surface area contributed by atoms with Gasteiger partial charge >= 0.3 is 0 Å².